The van der Waals surface area contributed by atoms with Gasteiger partial charge in [-0.15, -0.1) is 34.0 Å². The Kier molecular flexibility index (Phi) is 39.0. The third-order valence-electron chi connectivity index (χ3n) is 16.5. The van der Waals surface area contributed by atoms with Gasteiger partial charge in [0.1, 0.15) is 0 Å². The minimum atomic E-state index is 0.296. The molecule has 8 heterocycles. The molecule has 0 N–H and O–H groups in total. The van der Waals surface area contributed by atoms with Crippen molar-refractivity contribution in [1.82, 2.24) is 23.5 Å². The molecule has 6 aromatic heterocycles. The summed E-state index contributed by atoms with van der Waals surface area (Å²) in [4.78, 5) is 33.3. The molecule has 0 spiro atoms. The molecule has 488 valence electrons. The van der Waals surface area contributed by atoms with Crippen LogP contribution >= 0.6 is 34.0 Å². The number of nitrogens with zero attached hydrogens (tertiary/aromatic N) is 5. The van der Waals surface area contributed by atoms with Gasteiger partial charge >= 0.3 is 0 Å². The average molecular weight is 1240 g/mol. The van der Waals surface area contributed by atoms with E-state index in [0.717, 1.165) is 43.7 Å². The van der Waals surface area contributed by atoms with E-state index in [4.69, 9.17) is 0 Å². The number of rotatable bonds is 11. The van der Waals surface area contributed by atoms with Crippen LogP contribution in [0, 0.1) is 55.3 Å². The van der Waals surface area contributed by atoms with Crippen molar-refractivity contribution in [2.75, 3.05) is 27.2 Å². The molecule has 2 amide bonds. The van der Waals surface area contributed by atoms with Gasteiger partial charge in [0.25, 0.3) is 0 Å². The monoisotopic (exact) mass is 1240 g/mol. The molecule has 2 saturated heterocycles. The Morgan fingerprint density at radius 2 is 0.977 bits per heavy atom. The summed E-state index contributed by atoms with van der Waals surface area (Å²) < 4.78 is 6.62. The fourth-order valence-electron chi connectivity index (χ4n) is 10.2. The second-order valence-electron chi connectivity index (χ2n) is 28.0. The molecule has 3 aliphatic rings. The van der Waals surface area contributed by atoms with Crippen molar-refractivity contribution in [1.29, 1.82) is 0 Å². The Morgan fingerprint density at radius 3 is 1.22 bits per heavy atom. The number of aromatic nitrogens is 3. The van der Waals surface area contributed by atoms with Crippen molar-refractivity contribution in [2.24, 2.45) is 41.4 Å². The van der Waals surface area contributed by atoms with Gasteiger partial charge in [0.05, 0.1) is 0 Å². The number of amides is 2. The first-order valence-corrected chi connectivity index (χ1v) is 35.8. The van der Waals surface area contributed by atoms with Crippen molar-refractivity contribution in [3.63, 3.8) is 0 Å². The fourth-order valence-corrected chi connectivity index (χ4v) is 12.8. The van der Waals surface area contributed by atoms with Crippen LogP contribution in [0.3, 0.4) is 0 Å². The van der Waals surface area contributed by atoms with Gasteiger partial charge in [-0.1, -0.05) is 143 Å². The summed E-state index contributed by atoms with van der Waals surface area (Å²) >= 11 is 5.68. The third-order valence-corrected chi connectivity index (χ3v) is 20.7. The van der Waals surface area contributed by atoms with E-state index in [1.165, 1.54) is 61.2 Å². The van der Waals surface area contributed by atoms with Crippen molar-refractivity contribution in [3.05, 3.63) is 139 Å². The first-order chi connectivity index (χ1) is 40.2. The molecule has 86 heavy (non-hydrogen) atoms. The first-order valence-electron chi connectivity index (χ1n) is 33.3. The number of likely N-dealkylation sites (tertiary alicyclic amines) is 2. The minimum absolute atomic E-state index is 0.296. The van der Waals surface area contributed by atoms with Gasteiger partial charge in [-0.05, 0) is 204 Å². The van der Waals surface area contributed by atoms with E-state index < -0.39 is 0 Å². The molecule has 1 aliphatic carbocycles. The van der Waals surface area contributed by atoms with Gasteiger partial charge in [-0.3, -0.25) is 9.59 Å². The molecule has 0 aromatic carbocycles. The number of hydrogen-bond donors (Lipinski definition) is 0. The minimum Gasteiger partial charge on any atom is -0.352 e. The maximum atomic E-state index is 11.3. The Balaban J connectivity index is 0.000000485. The summed E-state index contributed by atoms with van der Waals surface area (Å²) in [5.74, 6) is 9.04. The highest BCUT2D eigenvalue weighted by atomic mass is 32.1. The van der Waals surface area contributed by atoms with Gasteiger partial charge in [-0.25, -0.2) is 0 Å². The molecule has 3 fully saturated rings. The molecule has 2 aliphatic heterocycles. The van der Waals surface area contributed by atoms with Crippen molar-refractivity contribution >= 4 is 45.8 Å². The van der Waals surface area contributed by atoms with E-state index >= 15 is 0 Å². The Bertz CT molecular complexity index is 2440. The predicted molar refractivity (Wildman–Crippen MR) is 384 cm³/mol. The SMILES string of the molecule is CC(C)C1CC(=O)N(C)C1.CC(C)C1CCCCC1C.CC(C)C1CCN(C)C1=O.CC(C)c1ccc(C(C)C)s1.CC(C)c1cccs1.CC(C)c1ccn(C(C)C)c1.CC(C)n1cccc1.Cc1ccc(C(C)C)s1.Cc1ccn(C(C)C)c1. The van der Waals surface area contributed by atoms with Gasteiger partial charge < -0.3 is 23.5 Å². The van der Waals surface area contributed by atoms with Crippen molar-refractivity contribution in [2.45, 2.75) is 259 Å². The summed E-state index contributed by atoms with van der Waals surface area (Å²) in [6, 6.07) is 23.4. The summed E-state index contributed by atoms with van der Waals surface area (Å²) in [5, 5.41) is 2.12. The van der Waals surface area contributed by atoms with E-state index in [2.05, 4.69) is 278 Å². The Morgan fingerprint density at radius 1 is 0.477 bits per heavy atom. The van der Waals surface area contributed by atoms with Crippen molar-refractivity contribution < 1.29 is 9.59 Å². The molecule has 0 radical (unpaired) electrons. The summed E-state index contributed by atoms with van der Waals surface area (Å²) in [5.41, 5.74) is 2.77. The smallest absolute Gasteiger partial charge is 0.225 e. The summed E-state index contributed by atoms with van der Waals surface area (Å²) in [7, 11) is 3.76. The van der Waals surface area contributed by atoms with Crippen LogP contribution in [0.25, 0.3) is 0 Å². The molecule has 1 saturated carbocycles. The van der Waals surface area contributed by atoms with Crippen LogP contribution in [0.15, 0.2) is 103 Å². The highest BCUT2D eigenvalue weighted by Gasteiger charge is 2.31. The standard InChI is InChI=1S/C10H17N.C10H16S.C10H20.2C8H15NO.C8H13N.C8H12S.C7H11N.C7H10S/c1-8(2)10-5-6-11(7-10)9(3)4;1-7(2)9-5-6-10(11-9)8(3)4;1-8(2)10-7-5-4-6-9(10)3;1-6(2)7-4-8(10)9(3)5-7;1-6(2)7-4-5-9(3)8(7)10;1-7(2)9-5-4-8(3)6-9;1-6(2)8-5-4-7(3)9-8;1-7(2)8-5-3-4-6-8;1-6(2)7-4-3-5-8-7/h5-9H,1-4H3;5-8H,1-4H3;8-10H,4-7H2,1-3H3;2*6-7H,4-5H2,1-3H3;4-7H,1-3H3;4-6H,1-3H3;3-7H,1-2H3;3-6H,1-2H3. The highest BCUT2D eigenvalue weighted by molar-refractivity contribution is 7.12. The molecule has 10 heteroatoms. The quantitative estimate of drug-likeness (QED) is 0.130. The molecule has 4 unspecified atom stereocenters. The van der Waals surface area contributed by atoms with Crippen LogP contribution in [-0.2, 0) is 9.59 Å². The molecule has 0 bridgehead atoms. The highest BCUT2D eigenvalue weighted by Crippen LogP contribution is 2.35. The number of aryl methyl sites for hydroxylation is 2. The zero-order valence-corrected chi connectivity index (χ0v) is 62.4. The first kappa shape index (κ1) is 79.9. The lowest BCUT2D eigenvalue weighted by molar-refractivity contribution is -0.131. The van der Waals surface area contributed by atoms with E-state index in [1.54, 1.807) is 0 Å². The largest absolute Gasteiger partial charge is 0.352 e. The number of thiophene rings is 3. The topological polar surface area (TPSA) is 55.4 Å². The lowest BCUT2D eigenvalue weighted by atomic mass is 9.75. The van der Waals surface area contributed by atoms with Gasteiger partial charge in [0.15, 0.2) is 0 Å². The lowest BCUT2D eigenvalue weighted by Gasteiger charge is -2.31. The van der Waals surface area contributed by atoms with Crippen molar-refractivity contribution in [3.8, 4) is 0 Å². The number of hydrogen-bond acceptors (Lipinski definition) is 5. The van der Waals surface area contributed by atoms with Crippen LogP contribution < -0.4 is 0 Å². The zero-order chi connectivity index (χ0) is 65.5. The molecular weight excluding hydrogens is 1110 g/mol. The Labute approximate surface area is 542 Å². The predicted octanol–water partition coefficient (Wildman–Crippen LogP) is 23.4. The Hall–Kier alpha value is -4.12. The second-order valence-corrected chi connectivity index (χ2v) is 31.4. The molecule has 9 rings (SSSR count). The third kappa shape index (κ3) is 31.4. The summed E-state index contributed by atoms with van der Waals surface area (Å²) in [6.07, 6.45) is 20.5. The van der Waals surface area contributed by atoms with Gasteiger partial charge in [0.2, 0.25) is 11.8 Å². The molecule has 6 aromatic rings. The van der Waals surface area contributed by atoms with Crippen LogP contribution in [0.1, 0.15) is 281 Å². The number of carbonyl (C=O) groups is 2. The van der Waals surface area contributed by atoms with E-state index in [0.29, 0.717) is 83.2 Å². The van der Waals surface area contributed by atoms with Crippen LogP contribution in [-0.4, -0.2) is 62.5 Å². The maximum absolute atomic E-state index is 11.3. The summed E-state index contributed by atoms with van der Waals surface area (Å²) in [6.45, 7) is 57.3. The second kappa shape index (κ2) is 42.0. The molecular formula is C76H129N5O2S3. The van der Waals surface area contributed by atoms with E-state index in [1.807, 2.05) is 70.0 Å². The zero-order valence-electron chi connectivity index (χ0n) is 59.9. The van der Waals surface area contributed by atoms with Gasteiger partial charge in [0, 0.05) is 119 Å². The normalized spacial score (nSPS) is 17.3. The average Bonchev–Trinajstić information content (AvgIpc) is 4.33. The van der Waals surface area contributed by atoms with E-state index in [-0.39, 0.29) is 0 Å². The lowest BCUT2D eigenvalue weighted by Crippen LogP contribution is -2.24. The number of carbonyl (C=O) groups excluding carboxylic acids is 2. The van der Waals surface area contributed by atoms with Crippen LogP contribution in [0.2, 0.25) is 0 Å². The molecule has 4 atom stereocenters. The van der Waals surface area contributed by atoms with Crippen LogP contribution in [0.4, 0.5) is 0 Å². The van der Waals surface area contributed by atoms with Crippen LogP contribution in [0.5, 0.6) is 0 Å². The van der Waals surface area contributed by atoms with E-state index in [9.17, 15) is 9.59 Å². The maximum Gasteiger partial charge on any atom is 0.225 e. The fraction of sp³-hybridized carbons (Fsp3) is 0.658. The molecule has 7 nitrogen and oxygen atoms in total. The van der Waals surface area contributed by atoms with Gasteiger partial charge in [-0.2, -0.15) is 0 Å².